The maximum absolute atomic E-state index is 13.3. The number of carbonyl (C=O) groups excluding carboxylic acids is 1. The molecule has 7 heteroatoms. The molecule has 1 aromatic carbocycles. The van der Waals surface area contributed by atoms with Crippen LogP contribution in [0.2, 0.25) is 0 Å². The van der Waals surface area contributed by atoms with Crippen LogP contribution < -0.4 is 10.1 Å². The van der Waals surface area contributed by atoms with Gasteiger partial charge in [0.25, 0.3) is 5.91 Å². The van der Waals surface area contributed by atoms with Gasteiger partial charge in [0.15, 0.2) is 5.69 Å². The molecule has 1 fully saturated rings. The summed E-state index contributed by atoms with van der Waals surface area (Å²) in [5, 5.41) is 7.02. The molecule has 0 saturated heterocycles. The average Bonchev–Trinajstić information content (AvgIpc) is 3.39. The number of halogens is 1. The van der Waals surface area contributed by atoms with Crippen LogP contribution in [0.15, 0.2) is 54.9 Å². The first kappa shape index (κ1) is 18.2. The Bertz CT molecular complexity index is 949. The fourth-order valence-electron chi connectivity index (χ4n) is 3.24. The molecule has 1 saturated carbocycles. The van der Waals surface area contributed by atoms with Crippen LogP contribution in [0.5, 0.6) is 5.88 Å². The van der Waals surface area contributed by atoms with E-state index in [2.05, 4.69) is 15.4 Å². The standard InChI is InChI=1S/C21H21FN4O2/c22-16-4-3-5-17(12-16)26-11-10-19(25-26)21(27)24-14-15-8-9-20(23-13-15)28-18-6-1-2-7-18/h3-5,8-13,18H,1-2,6-7,14H2,(H,24,27). The Kier molecular flexibility index (Phi) is 5.32. The minimum absolute atomic E-state index is 0.262. The van der Waals surface area contributed by atoms with Crippen molar-refractivity contribution >= 4 is 5.91 Å². The quantitative estimate of drug-likeness (QED) is 0.709. The lowest BCUT2D eigenvalue weighted by Gasteiger charge is -2.12. The van der Waals surface area contributed by atoms with Gasteiger partial charge < -0.3 is 10.1 Å². The van der Waals surface area contributed by atoms with E-state index in [0.717, 1.165) is 18.4 Å². The van der Waals surface area contributed by atoms with Crippen LogP contribution in [0.1, 0.15) is 41.7 Å². The molecule has 6 nitrogen and oxygen atoms in total. The van der Waals surface area contributed by atoms with E-state index in [1.165, 1.54) is 29.7 Å². The molecule has 0 unspecified atom stereocenters. The summed E-state index contributed by atoms with van der Waals surface area (Å²) in [4.78, 5) is 16.6. The Morgan fingerprint density at radius 1 is 1.21 bits per heavy atom. The van der Waals surface area contributed by atoms with Gasteiger partial charge in [-0.1, -0.05) is 12.1 Å². The Labute approximate surface area is 162 Å². The number of carbonyl (C=O) groups is 1. The summed E-state index contributed by atoms with van der Waals surface area (Å²) in [7, 11) is 0. The monoisotopic (exact) mass is 380 g/mol. The number of pyridine rings is 1. The maximum atomic E-state index is 13.3. The van der Waals surface area contributed by atoms with Crippen molar-refractivity contribution in [2.24, 2.45) is 0 Å². The highest BCUT2D eigenvalue weighted by molar-refractivity contribution is 5.92. The van der Waals surface area contributed by atoms with Gasteiger partial charge in [0.1, 0.15) is 11.9 Å². The first-order chi connectivity index (χ1) is 13.7. The molecule has 1 amide bonds. The Morgan fingerprint density at radius 3 is 2.82 bits per heavy atom. The highest BCUT2D eigenvalue weighted by atomic mass is 19.1. The predicted octanol–water partition coefficient (Wildman–Crippen LogP) is 3.66. The molecule has 2 heterocycles. The van der Waals surface area contributed by atoms with Crippen LogP contribution >= 0.6 is 0 Å². The third kappa shape index (κ3) is 4.36. The van der Waals surface area contributed by atoms with Crippen molar-refractivity contribution in [3.63, 3.8) is 0 Å². The van der Waals surface area contributed by atoms with Crippen LogP contribution in [0.25, 0.3) is 5.69 Å². The fourth-order valence-corrected chi connectivity index (χ4v) is 3.24. The van der Waals surface area contributed by atoms with Gasteiger partial charge >= 0.3 is 0 Å². The van der Waals surface area contributed by atoms with Crippen molar-refractivity contribution in [1.82, 2.24) is 20.1 Å². The molecule has 2 aromatic heterocycles. The van der Waals surface area contributed by atoms with Gasteiger partial charge in [0.2, 0.25) is 5.88 Å². The molecule has 28 heavy (non-hydrogen) atoms. The molecule has 0 atom stereocenters. The van der Waals surface area contributed by atoms with E-state index >= 15 is 0 Å². The van der Waals surface area contributed by atoms with Crippen LogP contribution in [0, 0.1) is 5.82 Å². The maximum Gasteiger partial charge on any atom is 0.272 e. The Balaban J connectivity index is 1.33. The highest BCUT2D eigenvalue weighted by Crippen LogP contribution is 2.22. The summed E-state index contributed by atoms with van der Waals surface area (Å²) >= 11 is 0. The number of hydrogen-bond acceptors (Lipinski definition) is 4. The topological polar surface area (TPSA) is 69.0 Å². The van der Waals surface area contributed by atoms with E-state index in [1.807, 2.05) is 12.1 Å². The normalized spacial score (nSPS) is 14.2. The van der Waals surface area contributed by atoms with Crippen molar-refractivity contribution in [3.8, 4) is 11.6 Å². The van der Waals surface area contributed by atoms with E-state index in [0.29, 0.717) is 18.1 Å². The second-order valence-corrected chi connectivity index (χ2v) is 6.84. The summed E-state index contributed by atoms with van der Waals surface area (Å²) in [6, 6.07) is 11.4. The van der Waals surface area contributed by atoms with E-state index in [4.69, 9.17) is 4.74 Å². The molecule has 0 radical (unpaired) electrons. The lowest BCUT2D eigenvalue weighted by Crippen LogP contribution is -2.23. The summed E-state index contributed by atoms with van der Waals surface area (Å²) in [6.07, 6.45) is 8.19. The molecule has 0 spiro atoms. The second-order valence-electron chi connectivity index (χ2n) is 6.84. The SMILES string of the molecule is O=C(NCc1ccc(OC2CCCC2)nc1)c1ccn(-c2cccc(F)c2)n1. The van der Waals surface area contributed by atoms with Gasteiger partial charge in [0.05, 0.1) is 5.69 Å². The molecular formula is C21H21FN4O2. The van der Waals surface area contributed by atoms with E-state index in [-0.39, 0.29) is 23.5 Å². The average molecular weight is 380 g/mol. The van der Waals surface area contributed by atoms with Crippen LogP contribution in [0.3, 0.4) is 0 Å². The van der Waals surface area contributed by atoms with Crippen molar-refractivity contribution in [2.75, 3.05) is 0 Å². The highest BCUT2D eigenvalue weighted by Gasteiger charge is 2.17. The molecule has 4 rings (SSSR count). The number of nitrogens with one attached hydrogen (secondary N) is 1. The molecule has 144 valence electrons. The first-order valence-corrected chi connectivity index (χ1v) is 9.39. The number of hydrogen-bond donors (Lipinski definition) is 1. The number of amides is 1. The summed E-state index contributed by atoms with van der Waals surface area (Å²) in [5.41, 5.74) is 1.69. The minimum Gasteiger partial charge on any atom is -0.474 e. The lowest BCUT2D eigenvalue weighted by atomic mass is 10.2. The van der Waals surface area contributed by atoms with Gasteiger partial charge in [-0.05, 0) is 55.5 Å². The summed E-state index contributed by atoms with van der Waals surface area (Å²) in [6.45, 7) is 0.336. The molecule has 3 aromatic rings. The largest absolute Gasteiger partial charge is 0.474 e. The van der Waals surface area contributed by atoms with Crippen molar-refractivity contribution in [2.45, 2.75) is 38.3 Å². The molecule has 1 aliphatic carbocycles. The van der Waals surface area contributed by atoms with Crippen molar-refractivity contribution < 1.29 is 13.9 Å². The van der Waals surface area contributed by atoms with E-state index in [1.54, 1.807) is 30.6 Å². The number of rotatable bonds is 6. The van der Waals surface area contributed by atoms with E-state index in [9.17, 15) is 9.18 Å². The molecule has 1 aliphatic rings. The summed E-state index contributed by atoms with van der Waals surface area (Å²) < 4.78 is 20.6. The smallest absolute Gasteiger partial charge is 0.272 e. The number of ether oxygens (including phenoxy) is 1. The fraction of sp³-hybridized carbons (Fsp3) is 0.286. The third-order valence-electron chi connectivity index (χ3n) is 4.73. The van der Waals surface area contributed by atoms with Gasteiger partial charge in [-0.3, -0.25) is 4.79 Å². The Morgan fingerprint density at radius 2 is 2.07 bits per heavy atom. The molecule has 0 bridgehead atoms. The minimum atomic E-state index is -0.355. The van der Waals surface area contributed by atoms with Crippen LogP contribution in [-0.4, -0.2) is 26.8 Å². The van der Waals surface area contributed by atoms with Gasteiger partial charge in [0, 0.05) is 25.0 Å². The summed E-state index contributed by atoms with van der Waals surface area (Å²) in [5.74, 6) is -0.0379. The number of nitrogens with zero attached hydrogens (tertiary/aromatic N) is 3. The molecule has 0 aliphatic heterocycles. The molecular weight excluding hydrogens is 359 g/mol. The third-order valence-corrected chi connectivity index (χ3v) is 4.73. The zero-order valence-corrected chi connectivity index (χ0v) is 15.3. The van der Waals surface area contributed by atoms with Crippen molar-refractivity contribution in [1.29, 1.82) is 0 Å². The van der Waals surface area contributed by atoms with Gasteiger partial charge in [-0.25, -0.2) is 14.1 Å². The Hall–Kier alpha value is -3.22. The first-order valence-electron chi connectivity index (χ1n) is 9.39. The van der Waals surface area contributed by atoms with Gasteiger partial charge in [-0.2, -0.15) is 5.10 Å². The second kappa shape index (κ2) is 8.21. The zero-order chi connectivity index (χ0) is 19.3. The number of benzene rings is 1. The zero-order valence-electron chi connectivity index (χ0n) is 15.3. The van der Waals surface area contributed by atoms with Gasteiger partial charge in [-0.15, -0.1) is 0 Å². The van der Waals surface area contributed by atoms with Crippen LogP contribution in [0.4, 0.5) is 4.39 Å². The number of aromatic nitrogens is 3. The van der Waals surface area contributed by atoms with E-state index < -0.39 is 0 Å². The predicted molar refractivity (Wildman–Crippen MR) is 102 cm³/mol. The molecule has 1 N–H and O–H groups in total. The van der Waals surface area contributed by atoms with Crippen LogP contribution in [-0.2, 0) is 6.54 Å². The van der Waals surface area contributed by atoms with Crippen molar-refractivity contribution in [3.05, 3.63) is 71.9 Å². The lowest BCUT2D eigenvalue weighted by molar-refractivity contribution is 0.0945.